The van der Waals surface area contributed by atoms with Gasteiger partial charge < -0.3 is 15.3 Å². The standard InChI is InChI=1S/C16H20N2O2/c19-12-11-18(13-15-7-4-10-17-15)16(20)9-8-14-5-2-1-3-6-14/h1-3,5-6,15,17,19H,4,7,10-13H2. The van der Waals surface area contributed by atoms with Crippen LogP contribution in [-0.2, 0) is 4.79 Å². The minimum absolute atomic E-state index is 0.0362. The predicted molar refractivity (Wildman–Crippen MR) is 78.0 cm³/mol. The van der Waals surface area contributed by atoms with Gasteiger partial charge in [0.1, 0.15) is 0 Å². The van der Waals surface area contributed by atoms with Crippen molar-refractivity contribution in [3.05, 3.63) is 35.9 Å². The van der Waals surface area contributed by atoms with E-state index < -0.39 is 0 Å². The first-order chi connectivity index (χ1) is 9.79. The molecule has 0 aromatic heterocycles. The van der Waals surface area contributed by atoms with E-state index in [0.717, 1.165) is 24.9 Å². The highest BCUT2D eigenvalue weighted by atomic mass is 16.3. The lowest BCUT2D eigenvalue weighted by Crippen LogP contribution is -2.42. The van der Waals surface area contributed by atoms with Crippen LogP contribution in [0.4, 0.5) is 0 Å². The van der Waals surface area contributed by atoms with Crippen molar-refractivity contribution in [2.75, 3.05) is 26.2 Å². The zero-order chi connectivity index (χ0) is 14.2. The average molecular weight is 272 g/mol. The number of amides is 1. The third-order valence-corrected chi connectivity index (χ3v) is 3.35. The Bertz CT molecular complexity index is 484. The van der Waals surface area contributed by atoms with Crippen LogP contribution in [0.3, 0.4) is 0 Å². The fraction of sp³-hybridized carbons (Fsp3) is 0.438. The molecule has 4 heteroatoms. The third-order valence-electron chi connectivity index (χ3n) is 3.35. The number of benzene rings is 1. The largest absolute Gasteiger partial charge is 0.395 e. The molecule has 106 valence electrons. The van der Waals surface area contributed by atoms with Crippen molar-refractivity contribution in [2.45, 2.75) is 18.9 Å². The first kappa shape index (κ1) is 14.6. The molecule has 1 saturated heterocycles. The average Bonchev–Trinajstić information content (AvgIpc) is 2.98. The number of hydrogen-bond acceptors (Lipinski definition) is 3. The van der Waals surface area contributed by atoms with E-state index in [2.05, 4.69) is 17.2 Å². The lowest BCUT2D eigenvalue weighted by Gasteiger charge is -2.22. The van der Waals surface area contributed by atoms with Gasteiger partial charge in [0.15, 0.2) is 0 Å². The predicted octanol–water partition coefficient (Wildman–Crippen LogP) is 0.611. The van der Waals surface area contributed by atoms with Gasteiger partial charge in [-0.3, -0.25) is 4.79 Å². The molecular weight excluding hydrogens is 252 g/mol. The van der Waals surface area contributed by atoms with E-state index in [0.29, 0.717) is 19.1 Å². The monoisotopic (exact) mass is 272 g/mol. The van der Waals surface area contributed by atoms with E-state index in [1.54, 1.807) is 4.90 Å². The van der Waals surface area contributed by atoms with Crippen LogP contribution < -0.4 is 5.32 Å². The van der Waals surface area contributed by atoms with Crippen LogP contribution in [0, 0.1) is 11.8 Å². The normalized spacial score (nSPS) is 17.4. The van der Waals surface area contributed by atoms with Crippen molar-refractivity contribution in [1.82, 2.24) is 10.2 Å². The maximum atomic E-state index is 12.1. The number of carbonyl (C=O) groups is 1. The Kier molecular flexibility index (Phi) is 5.60. The number of carbonyl (C=O) groups excluding carboxylic acids is 1. The maximum absolute atomic E-state index is 12.1. The summed E-state index contributed by atoms with van der Waals surface area (Å²) in [5.41, 5.74) is 0.823. The Hall–Kier alpha value is -1.83. The van der Waals surface area contributed by atoms with Gasteiger partial charge >= 0.3 is 0 Å². The van der Waals surface area contributed by atoms with Crippen molar-refractivity contribution in [3.63, 3.8) is 0 Å². The highest BCUT2D eigenvalue weighted by molar-refractivity contribution is 5.94. The summed E-state index contributed by atoms with van der Waals surface area (Å²) >= 11 is 0. The molecule has 1 fully saturated rings. The summed E-state index contributed by atoms with van der Waals surface area (Å²) in [6.45, 7) is 1.91. The summed E-state index contributed by atoms with van der Waals surface area (Å²) in [4.78, 5) is 13.7. The second-order valence-electron chi connectivity index (χ2n) is 4.88. The van der Waals surface area contributed by atoms with E-state index >= 15 is 0 Å². The number of rotatable bonds is 4. The molecule has 2 rings (SSSR count). The SMILES string of the molecule is O=C(C#Cc1ccccc1)N(CCO)CC1CCCN1. The fourth-order valence-electron chi connectivity index (χ4n) is 2.30. The minimum Gasteiger partial charge on any atom is -0.395 e. The number of nitrogens with one attached hydrogen (secondary N) is 1. The van der Waals surface area contributed by atoms with Gasteiger partial charge in [-0.2, -0.15) is 0 Å². The van der Waals surface area contributed by atoms with Crippen LogP contribution in [0.1, 0.15) is 18.4 Å². The minimum atomic E-state index is -0.225. The molecule has 1 aromatic carbocycles. The Morgan fingerprint density at radius 2 is 2.20 bits per heavy atom. The maximum Gasteiger partial charge on any atom is 0.298 e. The smallest absolute Gasteiger partial charge is 0.298 e. The Morgan fingerprint density at radius 3 is 2.85 bits per heavy atom. The zero-order valence-corrected chi connectivity index (χ0v) is 11.5. The van der Waals surface area contributed by atoms with Crippen molar-refractivity contribution in [3.8, 4) is 11.8 Å². The number of aliphatic hydroxyl groups excluding tert-OH is 1. The molecule has 0 radical (unpaired) electrons. The van der Waals surface area contributed by atoms with Gasteiger partial charge in [-0.25, -0.2) is 0 Å². The van der Waals surface area contributed by atoms with Gasteiger partial charge in [-0.1, -0.05) is 24.1 Å². The van der Waals surface area contributed by atoms with Crippen LogP contribution in [-0.4, -0.2) is 48.2 Å². The summed E-state index contributed by atoms with van der Waals surface area (Å²) in [5, 5.41) is 12.4. The third kappa shape index (κ3) is 4.37. The molecule has 20 heavy (non-hydrogen) atoms. The summed E-state index contributed by atoms with van der Waals surface area (Å²) < 4.78 is 0. The Morgan fingerprint density at radius 1 is 1.40 bits per heavy atom. The lowest BCUT2D eigenvalue weighted by atomic mass is 10.2. The molecule has 1 amide bonds. The van der Waals surface area contributed by atoms with E-state index in [4.69, 9.17) is 5.11 Å². The molecule has 1 heterocycles. The Balaban J connectivity index is 1.97. The van der Waals surface area contributed by atoms with Crippen LogP contribution in [0.15, 0.2) is 30.3 Å². The topological polar surface area (TPSA) is 52.6 Å². The summed E-state index contributed by atoms with van der Waals surface area (Å²) in [7, 11) is 0. The number of aliphatic hydroxyl groups is 1. The molecule has 0 aliphatic carbocycles. The van der Waals surface area contributed by atoms with Gasteiger partial charge in [0.2, 0.25) is 0 Å². The highest BCUT2D eigenvalue weighted by Crippen LogP contribution is 2.07. The van der Waals surface area contributed by atoms with Gasteiger partial charge in [0.05, 0.1) is 6.61 Å². The van der Waals surface area contributed by atoms with Crippen molar-refractivity contribution in [2.24, 2.45) is 0 Å². The van der Waals surface area contributed by atoms with E-state index in [-0.39, 0.29) is 12.5 Å². The molecule has 1 aliphatic rings. The van der Waals surface area contributed by atoms with Gasteiger partial charge in [0.25, 0.3) is 5.91 Å². The summed E-state index contributed by atoms with van der Waals surface area (Å²) in [6, 6.07) is 9.76. The van der Waals surface area contributed by atoms with Gasteiger partial charge in [-0.15, -0.1) is 0 Å². The molecule has 0 saturated carbocycles. The Labute approximate surface area is 119 Å². The second kappa shape index (κ2) is 7.68. The van der Waals surface area contributed by atoms with E-state index in [9.17, 15) is 4.79 Å². The molecule has 1 aliphatic heterocycles. The van der Waals surface area contributed by atoms with Crippen LogP contribution >= 0.6 is 0 Å². The molecule has 0 spiro atoms. The molecule has 0 bridgehead atoms. The molecule has 4 nitrogen and oxygen atoms in total. The second-order valence-corrected chi connectivity index (χ2v) is 4.88. The van der Waals surface area contributed by atoms with Crippen molar-refractivity contribution >= 4 is 5.91 Å². The summed E-state index contributed by atoms with van der Waals surface area (Å²) in [6.07, 6.45) is 2.21. The molecule has 1 unspecified atom stereocenters. The van der Waals surface area contributed by atoms with Crippen LogP contribution in [0.25, 0.3) is 0 Å². The molecular formula is C16H20N2O2. The van der Waals surface area contributed by atoms with Gasteiger partial charge in [0, 0.05) is 30.6 Å². The number of nitrogens with zero attached hydrogens (tertiary/aromatic N) is 1. The van der Waals surface area contributed by atoms with Crippen molar-refractivity contribution < 1.29 is 9.90 Å². The number of hydrogen-bond donors (Lipinski definition) is 2. The lowest BCUT2D eigenvalue weighted by molar-refractivity contribution is -0.125. The van der Waals surface area contributed by atoms with Crippen molar-refractivity contribution in [1.29, 1.82) is 0 Å². The fourth-order valence-corrected chi connectivity index (χ4v) is 2.30. The molecule has 2 N–H and O–H groups in total. The highest BCUT2D eigenvalue weighted by Gasteiger charge is 2.20. The van der Waals surface area contributed by atoms with E-state index in [1.807, 2.05) is 30.3 Å². The van der Waals surface area contributed by atoms with Gasteiger partial charge in [-0.05, 0) is 31.5 Å². The quantitative estimate of drug-likeness (QED) is 0.790. The van der Waals surface area contributed by atoms with Crippen LogP contribution in [0.5, 0.6) is 0 Å². The first-order valence-electron chi connectivity index (χ1n) is 7.00. The zero-order valence-electron chi connectivity index (χ0n) is 11.5. The first-order valence-corrected chi connectivity index (χ1v) is 7.00. The summed E-state index contributed by atoms with van der Waals surface area (Å²) in [5.74, 6) is 5.30. The molecule has 1 atom stereocenters. The molecule has 1 aromatic rings. The van der Waals surface area contributed by atoms with E-state index in [1.165, 1.54) is 0 Å². The van der Waals surface area contributed by atoms with Crippen LogP contribution in [0.2, 0.25) is 0 Å².